The summed E-state index contributed by atoms with van der Waals surface area (Å²) in [6.45, 7) is 4.36. The molecule has 1 fully saturated rings. The zero-order valence-electron chi connectivity index (χ0n) is 11.8. The number of urea groups is 1. The van der Waals surface area contributed by atoms with E-state index < -0.39 is 12.0 Å². The van der Waals surface area contributed by atoms with Crippen molar-refractivity contribution in [2.75, 3.05) is 40.4 Å². The van der Waals surface area contributed by atoms with E-state index in [1.807, 2.05) is 14.0 Å². The van der Waals surface area contributed by atoms with Gasteiger partial charge in [0, 0.05) is 45.8 Å². The SMILES string of the molecule is COCCC(NC(=O)N1CCN(C)C(C)C1)C(=O)O. The number of amides is 2. The van der Waals surface area contributed by atoms with Gasteiger partial charge in [-0.05, 0) is 14.0 Å². The molecule has 19 heavy (non-hydrogen) atoms. The summed E-state index contributed by atoms with van der Waals surface area (Å²) in [5, 5.41) is 11.6. The lowest BCUT2D eigenvalue weighted by Crippen LogP contribution is -2.56. The molecule has 1 heterocycles. The summed E-state index contributed by atoms with van der Waals surface area (Å²) in [6.07, 6.45) is 0.265. The van der Waals surface area contributed by atoms with Gasteiger partial charge in [-0.2, -0.15) is 0 Å². The molecule has 1 aliphatic heterocycles. The zero-order valence-corrected chi connectivity index (χ0v) is 11.8. The first-order chi connectivity index (χ1) is 8.95. The molecule has 0 aliphatic carbocycles. The minimum Gasteiger partial charge on any atom is -0.480 e. The third-order valence-corrected chi connectivity index (χ3v) is 3.45. The highest BCUT2D eigenvalue weighted by atomic mass is 16.5. The van der Waals surface area contributed by atoms with Crippen molar-refractivity contribution in [1.29, 1.82) is 0 Å². The topological polar surface area (TPSA) is 82.1 Å². The van der Waals surface area contributed by atoms with Crippen LogP contribution in [0.1, 0.15) is 13.3 Å². The molecule has 0 aromatic rings. The Labute approximate surface area is 113 Å². The van der Waals surface area contributed by atoms with Crippen LogP contribution < -0.4 is 5.32 Å². The predicted molar refractivity (Wildman–Crippen MR) is 70.1 cm³/mol. The summed E-state index contributed by atoms with van der Waals surface area (Å²) in [6, 6.07) is -0.937. The lowest BCUT2D eigenvalue weighted by molar-refractivity contribution is -0.139. The molecule has 1 rings (SSSR count). The first-order valence-electron chi connectivity index (χ1n) is 6.43. The Morgan fingerprint density at radius 2 is 2.16 bits per heavy atom. The Hall–Kier alpha value is -1.34. The molecule has 0 aromatic carbocycles. The Morgan fingerprint density at radius 3 is 2.68 bits per heavy atom. The van der Waals surface area contributed by atoms with E-state index in [0.29, 0.717) is 19.7 Å². The van der Waals surface area contributed by atoms with E-state index in [4.69, 9.17) is 9.84 Å². The number of carbonyl (C=O) groups is 2. The van der Waals surface area contributed by atoms with Gasteiger partial charge in [0.25, 0.3) is 0 Å². The molecule has 0 spiro atoms. The van der Waals surface area contributed by atoms with Crippen LogP contribution in [0, 0.1) is 0 Å². The average Bonchev–Trinajstić information content (AvgIpc) is 2.37. The molecule has 0 bridgehead atoms. The van der Waals surface area contributed by atoms with Crippen molar-refractivity contribution in [3.8, 4) is 0 Å². The first-order valence-corrected chi connectivity index (χ1v) is 6.43. The summed E-state index contributed by atoms with van der Waals surface area (Å²) >= 11 is 0. The van der Waals surface area contributed by atoms with E-state index in [1.54, 1.807) is 4.90 Å². The van der Waals surface area contributed by atoms with E-state index in [0.717, 1.165) is 6.54 Å². The van der Waals surface area contributed by atoms with Crippen LogP contribution >= 0.6 is 0 Å². The van der Waals surface area contributed by atoms with Crippen molar-refractivity contribution in [3.05, 3.63) is 0 Å². The molecular formula is C12H23N3O4. The van der Waals surface area contributed by atoms with Crippen LogP contribution in [0.2, 0.25) is 0 Å². The van der Waals surface area contributed by atoms with Crippen molar-refractivity contribution in [2.45, 2.75) is 25.4 Å². The van der Waals surface area contributed by atoms with Crippen molar-refractivity contribution in [1.82, 2.24) is 15.1 Å². The maximum atomic E-state index is 12.0. The number of methoxy groups -OCH3 is 1. The lowest BCUT2D eigenvalue weighted by Gasteiger charge is -2.38. The highest BCUT2D eigenvalue weighted by Crippen LogP contribution is 2.07. The minimum atomic E-state index is -1.03. The Morgan fingerprint density at radius 1 is 1.47 bits per heavy atom. The average molecular weight is 273 g/mol. The van der Waals surface area contributed by atoms with Gasteiger partial charge in [0.15, 0.2) is 0 Å². The normalized spacial score (nSPS) is 22.1. The van der Waals surface area contributed by atoms with Crippen LogP contribution in [0.15, 0.2) is 0 Å². The first kappa shape index (κ1) is 15.7. The molecule has 2 amide bonds. The van der Waals surface area contributed by atoms with Crippen molar-refractivity contribution < 1.29 is 19.4 Å². The highest BCUT2D eigenvalue weighted by molar-refractivity contribution is 5.82. The summed E-state index contributed by atoms with van der Waals surface area (Å²) in [5.41, 5.74) is 0. The third-order valence-electron chi connectivity index (χ3n) is 3.45. The quantitative estimate of drug-likeness (QED) is 0.726. The number of nitrogens with one attached hydrogen (secondary N) is 1. The largest absolute Gasteiger partial charge is 0.480 e. The van der Waals surface area contributed by atoms with Gasteiger partial charge in [-0.1, -0.05) is 0 Å². The number of rotatable bonds is 5. The Bertz CT molecular complexity index is 324. The number of carboxylic acids is 1. The van der Waals surface area contributed by atoms with Crippen molar-refractivity contribution in [3.63, 3.8) is 0 Å². The number of hydrogen-bond acceptors (Lipinski definition) is 4. The molecule has 1 aliphatic rings. The molecule has 110 valence electrons. The molecule has 0 radical (unpaired) electrons. The third kappa shape index (κ3) is 4.68. The number of aliphatic carboxylic acids is 1. The fraction of sp³-hybridized carbons (Fsp3) is 0.833. The van der Waals surface area contributed by atoms with Crippen molar-refractivity contribution in [2.24, 2.45) is 0 Å². The second-order valence-corrected chi connectivity index (χ2v) is 4.90. The number of likely N-dealkylation sites (N-methyl/N-ethyl adjacent to an activating group) is 1. The second kappa shape index (κ2) is 7.30. The fourth-order valence-electron chi connectivity index (χ4n) is 1.97. The number of carboxylic acid groups (broad SMARTS) is 1. The molecule has 2 atom stereocenters. The van der Waals surface area contributed by atoms with E-state index in [-0.39, 0.29) is 18.5 Å². The van der Waals surface area contributed by atoms with Crippen LogP contribution in [0.4, 0.5) is 4.79 Å². The molecule has 7 heteroatoms. The fourth-order valence-corrected chi connectivity index (χ4v) is 1.97. The van der Waals surface area contributed by atoms with Gasteiger partial charge >= 0.3 is 12.0 Å². The van der Waals surface area contributed by atoms with E-state index in [9.17, 15) is 9.59 Å². The maximum Gasteiger partial charge on any atom is 0.326 e. The van der Waals surface area contributed by atoms with E-state index >= 15 is 0 Å². The number of ether oxygens (including phenoxy) is 1. The number of hydrogen-bond donors (Lipinski definition) is 2. The van der Waals surface area contributed by atoms with E-state index in [1.165, 1.54) is 7.11 Å². The lowest BCUT2D eigenvalue weighted by atomic mass is 10.2. The van der Waals surface area contributed by atoms with Gasteiger partial charge < -0.3 is 25.0 Å². The predicted octanol–water partition coefficient (Wildman–Crippen LogP) is -0.178. The maximum absolute atomic E-state index is 12.0. The molecule has 2 unspecified atom stereocenters. The number of nitrogens with zero attached hydrogens (tertiary/aromatic N) is 2. The molecule has 0 aromatic heterocycles. The second-order valence-electron chi connectivity index (χ2n) is 4.90. The van der Waals surface area contributed by atoms with Crippen LogP contribution in [-0.2, 0) is 9.53 Å². The number of carbonyl (C=O) groups excluding carboxylic acids is 1. The highest BCUT2D eigenvalue weighted by Gasteiger charge is 2.27. The Kier molecular flexibility index (Phi) is 6.04. The van der Waals surface area contributed by atoms with Crippen LogP contribution in [0.3, 0.4) is 0 Å². The van der Waals surface area contributed by atoms with Crippen LogP contribution in [-0.4, -0.2) is 79.4 Å². The molecule has 2 N–H and O–H groups in total. The smallest absolute Gasteiger partial charge is 0.326 e. The summed E-state index contributed by atoms with van der Waals surface area (Å²) in [5.74, 6) is -1.03. The van der Waals surface area contributed by atoms with Gasteiger partial charge in [0.05, 0.1) is 0 Å². The van der Waals surface area contributed by atoms with Gasteiger partial charge in [0.1, 0.15) is 6.04 Å². The standard InChI is InChI=1S/C12H23N3O4/c1-9-8-15(6-5-14(9)2)12(18)13-10(11(16)17)4-7-19-3/h9-10H,4-8H2,1-3H3,(H,13,18)(H,16,17). The van der Waals surface area contributed by atoms with Crippen LogP contribution in [0.5, 0.6) is 0 Å². The van der Waals surface area contributed by atoms with Crippen molar-refractivity contribution >= 4 is 12.0 Å². The van der Waals surface area contributed by atoms with Gasteiger partial charge in [0.2, 0.25) is 0 Å². The monoisotopic (exact) mass is 273 g/mol. The van der Waals surface area contributed by atoms with Gasteiger partial charge in [-0.25, -0.2) is 9.59 Å². The zero-order chi connectivity index (χ0) is 14.4. The minimum absolute atomic E-state index is 0.265. The Balaban J connectivity index is 2.50. The molecular weight excluding hydrogens is 250 g/mol. The summed E-state index contributed by atoms with van der Waals surface area (Å²) < 4.78 is 4.85. The van der Waals surface area contributed by atoms with Gasteiger partial charge in [-0.15, -0.1) is 0 Å². The summed E-state index contributed by atoms with van der Waals surface area (Å²) in [7, 11) is 3.52. The molecule has 7 nitrogen and oxygen atoms in total. The van der Waals surface area contributed by atoms with E-state index in [2.05, 4.69) is 10.2 Å². The number of piperazine rings is 1. The van der Waals surface area contributed by atoms with Gasteiger partial charge in [-0.3, -0.25) is 0 Å². The summed E-state index contributed by atoms with van der Waals surface area (Å²) in [4.78, 5) is 26.9. The van der Waals surface area contributed by atoms with Crippen LogP contribution in [0.25, 0.3) is 0 Å². The molecule has 0 saturated carbocycles. The molecule has 1 saturated heterocycles.